The molecule has 0 aliphatic rings. The van der Waals surface area contributed by atoms with E-state index in [0.29, 0.717) is 6.29 Å². The maximum atomic E-state index is 11.2. The topological polar surface area (TPSA) is 72.8 Å². The number of phosphoric acid groups is 1. The lowest BCUT2D eigenvalue weighted by atomic mass is 10.5. The number of rotatable bonds is 8. The molecule has 9 heteroatoms. The third-order valence-corrected chi connectivity index (χ3v) is 3.29. The molecule has 0 aromatic heterocycles. The number of carbonyl (C=O) groups excluding carboxylic acids is 1. The Kier molecular flexibility index (Phi) is 8.19. The van der Waals surface area contributed by atoms with Gasteiger partial charge in [0.15, 0.2) is 6.29 Å². The lowest BCUT2D eigenvalue weighted by Gasteiger charge is -2.18. The van der Waals surface area contributed by atoms with Crippen LogP contribution in [-0.4, -0.2) is 41.0 Å². The van der Waals surface area contributed by atoms with E-state index >= 15 is 0 Å². The molecule has 1 N–H and O–H groups in total. The third-order valence-electron chi connectivity index (χ3n) is 1.20. The van der Waals surface area contributed by atoms with Crippen molar-refractivity contribution < 1.29 is 23.3 Å². The Bertz CT molecular complexity index is 235. The molecule has 15 heavy (non-hydrogen) atoms. The molecule has 0 aliphatic carbocycles. The van der Waals surface area contributed by atoms with Crippen molar-refractivity contribution >= 4 is 48.9 Å². The largest absolute Gasteiger partial charge is 0.473 e. The van der Waals surface area contributed by atoms with Gasteiger partial charge in [-0.3, -0.25) is 9.05 Å². The zero-order valence-electron chi connectivity index (χ0n) is 7.51. The van der Waals surface area contributed by atoms with Crippen molar-refractivity contribution in [3.05, 3.63) is 0 Å². The zero-order chi connectivity index (χ0) is 11.9. The number of phosphoric ester groups is 1. The van der Waals surface area contributed by atoms with E-state index in [1.807, 2.05) is 0 Å². The third kappa shape index (κ3) is 6.74. The van der Waals surface area contributed by atoms with Gasteiger partial charge in [0, 0.05) is 0 Å². The van der Waals surface area contributed by atoms with Crippen LogP contribution in [0.3, 0.4) is 0 Å². The van der Waals surface area contributed by atoms with E-state index in [4.69, 9.17) is 39.7 Å². The van der Waals surface area contributed by atoms with Crippen LogP contribution < -0.4 is 0 Å². The molecule has 2 atom stereocenters. The van der Waals surface area contributed by atoms with E-state index in [2.05, 4.69) is 9.05 Å². The Hall–Kier alpha value is 0.650. The highest BCUT2D eigenvalue weighted by Crippen LogP contribution is 2.46. The summed E-state index contributed by atoms with van der Waals surface area (Å²) in [4.78, 5) is 19.4. The van der Waals surface area contributed by atoms with Crippen LogP contribution in [0.4, 0.5) is 0 Å². The fourth-order valence-electron chi connectivity index (χ4n) is 0.571. The molecule has 0 fully saturated rings. The van der Waals surface area contributed by atoms with E-state index in [9.17, 15) is 9.36 Å². The monoisotopic (exact) mass is 298 g/mol. The molecule has 0 aromatic carbocycles. The molecule has 90 valence electrons. The minimum absolute atomic E-state index is 0.0654. The fourth-order valence-corrected chi connectivity index (χ4v) is 2.47. The van der Waals surface area contributed by atoms with E-state index in [0.717, 1.165) is 0 Å². The number of alkyl halides is 3. The molecule has 0 bridgehead atoms. The van der Waals surface area contributed by atoms with Gasteiger partial charge in [0.05, 0.1) is 23.7 Å². The average Bonchev–Trinajstić information content (AvgIpc) is 2.22. The van der Waals surface area contributed by atoms with Crippen LogP contribution in [-0.2, 0) is 18.4 Å². The highest BCUT2D eigenvalue weighted by Gasteiger charge is 2.29. The lowest BCUT2D eigenvalue weighted by Crippen LogP contribution is -2.20. The molecule has 0 spiro atoms. The molecule has 0 saturated carbocycles. The Morgan fingerprint density at radius 2 is 1.73 bits per heavy atom. The van der Waals surface area contributed by atoms with Crippen molar-refractivity contribution in [1.29, 1.82) is 0 Å². The number of hydrogen-bond donors (Lipinski definition) is 1. The van der Waals surface area contributed by atoms with Gasteiger partial charge < -0.3 is 9.69 Å². The van der Waals surface area contributed by atoms with E-state index in [1.165, 1.54) is 0 Å². The number of hydrogen-bond acceptors (Lipinski definition) is 4. The van der Waals surface area contributed by atoms with Crippen molar-refractivity contribution in [2.75, 3.05) is 17.6 Å². The summed E-state index contributed by atoms with van der Waals surface area (Å²) in [6, 6.07) is 0. The summed E-state index contributed by atoms with van der Waals surface area (Å²) in [7, 11) is -4.36. The minimum atomic E-state index is -4.36. The molecule has 0 saturated heterocycles. The van der Waals surface area contributed by atoms with Gasteiger partial charge in [-0.25, -0.2) is 4.57 Å². The van der Waals surface area contributed by atoms with Crippen molar-refractivity contribution in [3.63, 3.8) is 0 Å². The number of aldehydes is 1. The second-order valence-electron chi connectivity index (χ2n) is 2.44. The second kappa shape index (κ2) is 7.85. The maximum absolute atomic E-state index is 11.2. The quantitative estimate of drug-likeness (QED) is 0.420. The Morgan fingerprint density at radius 1 is 1.20 bits per heavy atom. The highest BCUT2D eigenvalue weighted by molar-refractivity contribution is 7.47. The summed E-state index contributed by atoms with van der Waals surface area (Å²) < 4.78 is 20.3. The van der Waals surface area contributed by atoms with Crippen molar-refractivity contribution in [1.82, 2.24) is 0 Å². The second-order valence-corrected chi connectivity index (χ2v) is 4.72. The minimum Gasteiger partial charge on any atom is -0.302 e. The van der Waals surface area contributed by atoms with Crippen molar-refractivity contribution in [2.45, 2.75) is 12.2 Å². The van der Waals surface area contributed by atoms with Crippen LogP contribution in [0.1, 0.15) is 0 Å². The molecule has 0 heterocycles. The highest BCUT2D eigenvalue weighted by atomic mass is 35.5. The summed E-state index contributed by atoms with van der Waals surface area (Å²) in [5.41, 5.74) is 0. The van der Waals surface area contributed by atoms with Gasteiger partial charge in [0.25, 0.3) is 0 Å². The van der Waals surface area contributed by atoms with E-state index < -0.39 is 20.0 Å². The molecule has 0 aromatic rings. The zero-order valence-corrected chi connectivity index (χ0v) is 10.7. The fraction of sp³-hybridized carbons (Fsp3) is 0.833. The molecule has 0 rings (SSSR count). The molecule has 0 aliphatic heterocycles. The Labute approximate surface area is 102 Å². The predicted molar refractivity (Wildman–Crippen MR) is 57.8 cm³/mol. The SMILES string of the molecule is O=CC(CCl)OP(=O)(O)OC(CCl)CCl. The standard InChI is InChI=1S/C6H10Cl3O5P/c7-1-5(2-8)13-15(11,12)14-6(3-9)4-10/h4-6H,1-3H2,(H,11,12). The number of halogens is 3. The van der Waals surface area contributed by atoms with Crippen molar-refractivity contribution in [3.8, 4) is 0 Å². The van der Waals surface area contributed by atoms with E-state index in [1.54, 1.807) is 0 Å². The molecule has 2 unspecified atom stereocenters. The van der Waals surface area contributed by atoms with Crippen LogP contribution in [0.15, 0.2) is 0 Å². The summed E-state index contributed by atoms with van der Waals surface area (Å²) in [5.74, 6) is -0.377. The Morgan fingerprint density at radius 3 is 2.07 bits per heavy atom. The molecule has 0 radical (unpaired) electrons. The first kappa shape index (κ1) is 15.7. The van der Waals surface area contributed by atoms with Gasteiger partial charge in [0.2, 0.25) is 0 Å². The van der Waals surface area contributed by atoms with Gasteiger partial charge in [-0.1, -0.05) is 0 Å². The summed E-state index contributed by atoms with van der Waals surface area (Å²) in [6.07, 6.45) is -1.73. The summed E-state index contributed by atoms with van der Waals surface area (Å²) >= 11 is 16.1. The first-order valence-electron chi connectivity index (χ1n) is 3.81. The van der Waals surface area contributed by atoms with Crippen LogP contribution >= 0.6 is 42.6 Å². The van der Waals surface area contributed by atoms with Crippen LogP contribution in [0, 0.1) is 0 Å². The number of carbonyl (C=O) groups is 1. The molecular weight excluding hydrogens is 289 g/mol. The normalized spacial score (nSPS) is 17.4. The van der Waals surface area contributed by atoms with Crippen LogP contribution in [0.5, 0.6) is 0 Å². The summed E-state index contributed by atoms with van der Waals surface area (Å²) in [6.45, 7) is 0. The smallest absolute Gasteiger partial charge is 0.302 e. The van der Waals surface area contributed by atoms with Gasteiger partial charge in [-0.05, 0) is 0 Å². The Balaban J connectivity index is 4.27. The molecule has 0 amide bonds. The van der Waals surface area contributed by atoms with Crippen molar-refractivity contribution in [2.24, 2.45) is 0 Å². The van der Waals surface area contributed by atoms with Crippen LogP contribution in [0.2, 0.25) is 0 Å². The van der Waals surface area contributed by atoms with Gasteiger partial charge in [-0.15, -0.1) is 34.8 Å². The molecule has 5 nitrogen and oxygen atoms in total. The summed E-state index contributed by atoms with van der Waals surface area (Å²) in [5, 5.41) is 0. The van der Waals surface area contributed by atoms with Crippen LogP contribution in [0.25, 0.3) is 0 Å². The first-order chi connectivity index (χ1) is 6.99. The lowest BCUT2D eigenvalue weighted by molar-refractivity contribution is -0.113. The van der Waals surface area contributed by atoms with E-state index in [-0.39, 0.29) is 17.6 Å². The molecular formula is C6H10Cl3O5P. The van der Waals surface area contributed by atoms with Gasteiger partial charge in [0.1, 0.15) is 6.10 Å². The predicted octanol–water partition coefficient (Wildman–Crippen LogP) is 1.77. The first-order valence-corrected chi connectivity index (χ1v) is 6.91. The van der Waals surface area contributed by atoms with Gasteiger partial charge >= 0.3 is 7.82 Å². The average molecular weight is 299 g/mol. The van der Waals surface area contributed by atoms with Gasteiger partial charge in [-0.2, -0.15) is 0 Å². The maximum Gasteiger partial charge on any atom is 0.473 e.